The monoisotopic (exact) mass is 308 g/mol. The molecule has 94 valence electrons. The van der Waals surface area contributed by atoms with E-state index in [0.29, 0.717) is 13.1 Å². The van der Waals surface area contributed by atoms with Crippen LogP contribution in [0.5, 0.6) is 0 Å². The number of nitrogens with zero attached hydrogens (tertiary/aromatic N) is 2. The zero-order valence-corrected chi connectivity index (χ0v) is 11.6. The van der Waals surface area contributed by atoms with E-state index in [9.17, 15) is 4.79 Å². The van der Waals surface area contributed by atoms with Gasteiger partial charge in [0.25, 0.3) is 0 Å². The molecule has 2 aromatic rings. The zero-order valence-electron chi connectivity index (χ0n) is 9.98. The number of halogens is 1. The Morgan fingerprint density at radius 3 is 2.94 bits per heavy atom. The van der Waals surface area contributed by atoms with Gasteiger partial charge in [0.15, 0.2) is 0 Å². The van der Waals surface area contributed by atoms with Crippen LogP contribution in [0, 0.1) is 0 Å². The van der Waals surface area contributed by atoms with Crippen LogP contribution in [-0.4, -0.2) is 27.2 Å². The average molecular weight is 309 g/mol. The SMILES string of the molecule is Cn1c2c(c3ccc(Br)cc31)CCN(C(=O)O)C2. The Bertz CT molecular complexity index is 648. The standard InChI is InChI=1S/C13H13BrN2O2/c1-15-11-6-8(14)2-3-9(11)10-4-5-16(13(17)18)7-12(10)15/h2-3,6H,4-5,7H2,1H3,(H,17,18). The van der Waals surface area contributed by atoms with Gasteiger partial charge in [-0.15, -0.1) is 0 Å². The van der Waals surface area contributed by atoms with Crippen LogP contribution in [0.25, 0.3) is 10.9 Å². The van der Waals surface area contributed by atoms with Gasteiger partial charge in [0.1, 0.15) is 0 Å². The van der Waals surface area contributed by atoms with Crippen molar-refractivity contribution in [1.82, 2.24) is 9.47 Å². The third kappa shape index (κ3) is 1.61. The van der Waals surface area contributed by atoms with Crippen molar-refractivity contribution >= 4 is 32.9 Å². The molecule has 5 heteroatoms. The summed E-state index contributed by atoms with van der Waals surface area (Å²) in [7, 11) is 2.00. The molecule has 1 aromatic carbocycles. The number of carbonyl (C=O) groups is 1. The van der Waals surface area contributed by atoms with E-state index in [1.807, 2.05) is 13.1 Å². The zero-order chi connectivity index (χ0) is 12.9. The minimum absolute atomic E-state index is 0.480. The number of carboxylic acid groups (broad SMARTS) is 1. The van der Waals surface area contributed by atoms with Crippen molar-refractivity contribution in [3.63, 3.8) is 0 Å². The maximum Gasteiger partial charge on any atom is 0.407 e. The molecule has 0 radical (unpaired) electrons. The quantitative estimate of drug-likeness (QED) is 0.813. The van der Waals surface area contributed by atoms with Crippen LogP contribution in [0.4, 0.5) is 4.79 Å². The third-order valence-corrected chi connectivity index (χ3v) is 4.14. The molecule has 0 atom stereocenters. The Kier molecular flexibility index (Phi) is 2.59. The summed E-state index contributed by atoms with van der Waals surface area (Å²) in [5.41, 5.74) is 3.55. The van der Waals surface area contributed by atoms with Crippen LogP contribution >= 0.6 is 15.9 Å². The molecule has 0 unspecified atom stereocenters. The van der Waals surface area contributed by atoms with Crippen LogP contribution in [0.15, 0.2) is 22.7 Å². The lowest BCUT2D eigenvalue weighted by atomic mass is 10.0. The molecule has 1 aliphatic rings. The van der Waals surface area contributed by atoms with Crippen molar-refractivity contribution in [3.05, 3.63) is 33.9 Å². The summed E-state index contributed by atoms with van der Waals surface area (Å²) in [4.78, 5) is 12.5. The van der Waals surface area contributed by atoms with Crippen LogP contribution < -0.4 is 0 Å². The highest BCUT2D eigenvalue weighted by molar-refractivity contribution is 9.10. The van der Waals surface area contributed by atoms with Crippen molar-refractivity contribution in [3.8, 4) is 0 Å². The Balaban J connectivity index is 2.18. The fourth-order valence-electron chi connectivity index (χ4n) is 2.69. The maximum absolute atomic E-state index is 11.1. The maximum atomic E-state index is 11.1. The molecular formula is C13H13BrN2O2. The van der Waals surface area contributed by atoms with Crippen LogP contribution in [0.1, 0.15) is 11.3 Å². The second-order valence-corrected chi connectivity index (χ2v) is 5.52. The van der Waals surface area contributed by atoms with Gasteiger partial charge < -0.3 is 14.6 Å². The van der Waals surface area contributed by atoms with Gasteiger partial charge in [-0.05, 0) is 24.1 Å². The lowest BCUT2D eigenvalue weighted by molar-refractivity contribution is 0.139. The lowest BCUT2D eigenvalue weighted by Crippen LogP contribution is -2.35. The number of amides is 1. The van der Waals surface area contributed by atoms with Crippen LogP contribution in [-0.2, 0) is 20.0 Å². The van der Waals surface area contributed by atoms with Crippen molar-refractivity contribution in [2.24, 2.45) is 7.05 Å². The number of rotatable bonds is 0. The first-order valence-corrected chi connectivity index (χ1v) is 6.61. The molecule has 1 amide bonds. The average Bonchev–Trinajstić information content (AvgIpc) is 2.62. The molecule has 2 heterocycles. The topological polar surface area (TPSA) is 45.5 Å². The molecule has 0 spiro atoms. The van der Waals surface area contributed by atoms with Crippen molar-refractivity contribution < 1.29 is 9.90 Å². The summed E-state index contributed by atoms with van der Waals surface area (Å²) in [6, 6.07) is 6.22. The molecule has 18 heavy (non-hydrogen) atoms. The smallest absolute Gasteiger partial charge is 0.407 e. The number of aromatic nitrogens is 1. The largest absolute Gasteiger partial charge is 0.465 e. The highest BCUT2D eigenvalue weighted by atomic mass is 79.9. The number of hydrogen-bond acceptors (Lipinski definition) is 1. The van der Waals surface area contributed by atoms with E-state index in [-0.39, 0.29) is 0 Å². The molecule has 1 aromatic heterocycles. The molecule has 0 saturated heterocycles. The lowest BCUT2D eigenvalue weighted by Gasteiger charge is -2.25. The van der Waals surface area contributed by atoms with Crippen LogP contribution in [0.2, 0.25) is 0 Å². The molecule has 3 rings (SSSR count). The summed E-state index contributed by atoms with van der Waals surface area (Å²) in [5.74, 6) is 0. The molecular weight excluding hydrogens is 296 g/mol. The van der Waals surface area contributed by atoms with Gasteiger partial charge in [-0.25, -0.2) is 4.79 Å². The van der Waals surface area contributed by atoms with Gasteiger partial charge in [-0.3, -0.25) is 0 Å². The first kappa shape index (κ1) is 11.6. The molecule has 0 fully saturated rings. The fourth-order valence-corrected chi connectivity index (χ4v) is 3.04. The van der Waals surface area contributed by atoms with Gasteiger partial charge in [0, 0.05) is 34.7 Å². The van der Waals surface area contributed by atoms with Crippen molar-refractivity contribution in [1.29, 1.82) is 0 Å². The van der Waals surface area contributed by atoms with Gasteiger partial charge in [0.2, 0.25) is 0 Å². The van der Waals surface area contributed by atoms with Crippen LogP contribution in [0.3, 0.4) is 0 Å². The molecule has 1 N–H and O–H groups in total. The number of aryl methyl sites for hydroxylation is 1. The van der Waals surface area contributed by atoms with Crippen molar-refractivity contribution in [2.45, 2.75) is 13.0 Å². The Morgan fingerprint density at radius 2 is 2.22 bits per heavy atom. The van der Waals surface area contributed by atoms with E-state index < -0.39 is 6.09 Å². The molecule has 4 nitrogen and oxygen atoms in total. The fraction of sp³-hybridized carbons (Fsp3) is 0.308. The first-order chi connectivity index (χ1) is 8.58. The summed E-state index contributed by atoms with van der Waals surface area (Å²) >= 11 is 3.48. The first-order valence-electron chi connectivity index (χ1n) is 5.81. The summed E-state index contributed by atoms with van der Waals surface area (Å²) in [5, 5.41) is 10.3. The van der Waals surface area contributed by atoms with Gasteiger partial charge in [-0.2, -0.15) is 0 Å². The highest BCUT2D eigenvalue weighted by Gasteiger charge is 2.25. The molecule has 0 aliphatic carbocycles. The number of hydrogen-bond donors (Lipinski definition) is 1. The van der Waals surface area contributed by atoms with Gasteiger partial charge in [-0.1, -0.05) is 22.0 Å². The number of benzene rings is 1. The molecule has 0 bridgehead atoms. The Hall–Kier alpha value is -1.49. The van der Waals surface area contributed by atoms with E-state index in [0.717, 1.165) is 22.1 Å². The normalized spacial score (nSPS) is 14.9. The second kappa shape index (κ2) is 4.02. The van der Waals surface area contributed by atoms with E-state index in [2.05, 4.69) is 32.6 Å². The van der Waals surface area contributed by atoms with E-state index in [1.54, 1.807) is 0 Å². The summed E-state index contributed by atoms with van der Waals surface area (Å²) in [6.07, 6.45) is -0.0484. The predicted octanol–water partition coefficient (Wildman–Crippen LogP) is 2.98. The van der Waals surface area contributed by atoms with E-state index in [1.165, 1.54) is 15.8 Å². The molecule has 1 aliphatic heterocycles. The van der Waals surface area contributed by atoms with E-state index >= 15 is 0 Å². The number of fused-ring (bicyclic) bond motifs is 3. The Labute approximate surface area is 113 Å². The van der Waals surface area contributed by atoms with E-state index in [4.69, 9.17) is 5.11 Å². The van der Waals surface area contributed by atoms with Gasteiger partial charge >= 0.3 is 6.09 Å². The predicted molar refractivity (Wildman–Crippen MR) is 72.8 cm³/mol. The minimum atomic E-state index is -0.841. The third-order valence-electron chi connectivity index (χ3n) is 3.64. The van der Waals surface area contributed by atoms with Crippen molar-refractivity contribution in [2.75, 3.05) is 6.54 Å². The summed E-state index contributed by atoms with van der Waals surface area (Å²) in [6.45, 7) is 1.06. The molecule has 0 saturated carbocycles. The second-order valence-electron chi connectivity index (χ2n) is 4.60. The summed E-state index contributed by atoms with van der Waals surface area (Å²) < 4.78 is 3.15. The Morgan fingerprint density at radius 1 is 1.44 bits per heavy atom. The minimum Gasteiger partial charge on any atom is -0.465 e. The van der Waals surface area contributed by atoms with Gasteiger partial charge in [0.05, 0.1) is 6.54 Å². The highest BCUT2D eigenvalue weighted by Crippen LogP contribution is 2.31.